The molecule has 7 heteroatoms. The number of hydrogen-bond acceptors (Lipinski definition) is 4. The normalized spacial score (nSPS) is 25.2. The van der Waals surface area contributed by atoms with Gasteiger partial charge in [0.25, 0.3) is 0 Å². The van der Waals surface area contributed by atoms with Gasteiger partial charge in [0.05, 0.1) is 6.61 Å². The molecule has 0 spiro atoms. The number of aliphatic hydroxyl groups is 1. The van der Waals surface area contributed by atoms with Gasteiger partial charge in [-0.15, -0.1) is 0 Å². The van der Waals surface area contributed by atoms with Crippen molar-refractivity contribution in [1.82, 2.24) is 10.6 Å². The van der Waals surface area contributed by atoms with Crippen LogP contribution >= 0.6 is 11.8 Å². The van der Waals surface area contributed by atoms with E-state index in [4.69, 9.17) is 10.2 Å². The Hall–Kier alpha value is -0.950. The Morgan fingerprint density at radius 1 is 1.33 bits per heavy atom. The number of carboxylic acid groups (broad SMARTS) is 1. The number of urea groups is 1. The molecule has 0 aromatic rings. The van der Waals surface area contributed by atoms with Crippen LogP contribution in [0.3, 0.4) is 0 Å². The Bertz CT molecular complexity index is 293. The molecule has 1 unspecified atom stereocenters. The second kappa shape index (κ2) is 7.48. The zero-order chi connectivity index (χ0) is 13.5. The summed E-state index contributed by atoms with van der Waals surface area (Å²) in [4.78, 5) is 22.2. The lowest BCUT2D eigenvalue weighted by molar-refractivity contribution is -0.140. The molecule has 0 radical (unpaired) electrons. The molecule has 1 fully saturated rings. The third kappa shape index (κ3) is 4.73. The number of nitrogens with one attached hydrogen (secondary N) is 2. The largest absolute Gasteiger partial charge is 0.480 e. The van der Waals surface area contributed by atoms with E-state index < -0.39 is 24.6 Å². The molecule has 2 amide bonds. The van der Waals surface area contributed by atoms with E-state index in [2.05, 4.69) is 16.9 Å². The first kappa shape index (κ1) is 15.1. The lowest BCUT2D eigenvalue weighted by atomic mass is 9.95. The highest BCUT2D eigenvalue weighted by atomic mass is 32.2. The van der Waals surface area contributed by atoms with Gasteiger partial charge in [-0.05, 0) is 31.9 Å². The van der Waals surface area contributed by atoms with Crippen molar-refractivity contribution in [3.05, 3.63) is 0 Å². The van der Waals surface area contributed by atoms with Crippen molar-refractivity contribution >= 4 is 23.8 Å². The summed E-state index contributed by atoms with van der Waals surface area (Å²) in [6, 6.07) is -1.67. The van der Waals surface area contributed by atoms with Gasteiger partial charge in [0.1, 0.15) is 0 Å². The van der Waals surface area contributed by atoms with Crippen LogP contribution in [0.1, 0.15) is 25.7 Å². The minimum absolute atomic E-state index is 0.0986. The number of thioether (sulfide) groups is 1. The fourth-order valence-corrected chi connectivity index (χ4v) is 2.76. The van der Waals surface area contributed by atoms with Crippen LogP contribution in [0.2, 0.25) is 0 Å². The number of carbonyl (C=O) groups excluding carboxylic acids is 1. The summed E-state index contributed by atoms with van der Waals surface area (Å²) in [5.41, 5.74) is 0. The number of amides is 2. The third-order valence-corrected chi connectivity index (χ3v) is 4.27. The Kier molecular flexibility index (Phi) is 6.28. The van der Waals surface area contributed by atoms with Crippen LogP contribution in [0, 0.1) is 0 Å². The average molecular weight is 276 g/mol. The van der Waals surface area contributed by atoms with Gasteiger partial charge in [0, 0.05) is 11.3 Å². The van der Waals surface area contributed by atoms with Crippen molar-refractivity contribution in [2.75, 3.05) is 12.9 Å². The van der Waals surface area contributed by atoms with Crippen molar-refractivity contribution in [1.29, 1.82) is 0 Å². The summed E-state index contributed by atoms with van der Waals surface area (Å²) >= 11 is 1.85. The van der Waals surface area contributed by atoms with Crippen LogP contribution in [0.5, 0.6) is 0 Å². The van der Waals surface area contributed by atoms with Gasteiger partial charge in [-0.2, -0.15) is 11.8 Å². The van der Waals surface area contributed by atoms with Gasteiger partial charge in [-0.25, -0.2) is 9.59 Å². The van der Waals surface area contributed by atoms with E-state index in [9.17, 15) is 9.59 Å². The molecule has 1 saturated carbocycles. The van der Waals surface area contributed by atoms with Crippen LogP contribution in [-0.2, 0) is 4.79 Å². The molecule has 0 aliphatic heterocycles. The fraction of sp³-hybridized carbons (Fsp3) is 0.818. The Balaban J connectivity index is 2.30. The number of carbonyl (C=O) groups is 2. The summed E-state index contributed by atoms with van der Waals surface area (Å²) < 4.78 is 0. The molecule has 18 heavy (non-hydrogen) atoms. The second-order valence-corrected chi connectivity index (χ2v) is 5.54. The molecule has 6 nitrogen and oxygen atoms in total. The van der Waals surface area contributed by atoms with Gasteiger partial charge in [-0.3, -0.25) is 0 Å². The molecule has 1 aliphatic rings. The molecular formula is C11H20N2O4S. The van der Waals surface area contributed by atoms with E-state index in [-0.39, 0.29) is 6.04 Å². The Labute approximate surface area is 111 Å². The highest BCUT2D eigenvalue weighted by Crippen LogP contribution is 2.26. The molecule has 0 aromatic heterocycles. The maximum absolute atomic E-state index is 11.5. The summed E-state index contributed by atoms with van der Waals surface area (Å²) in [7, 11) is 0. The molecular weight excluding hydrogens is 256 g/mol. The van der Waals surface area contributed by atoms with E-state index >= 15 is 0 Å². The van der Waals surface area contributed by atoms with Crippen molar-refractivity contribution in [2.24, 2.45) is 0 Å². The van der Waals surface area contributed by atoms with Gasteiger partial charge in [-0.1, -0.05) is 0 Å². The summed E-state index contributed by atoms with van der Waals surface area (Å²) in [5, 5.41) is 23.1. The first-order valence-electron chi connectivity index (χ1n) is 6.00. The smallest absolute Gasteiger partial charge is 0.328 e. The zero-order valence-electron chi connectivity index (χ0n) is 10.4. The number of hydrogen-bond donors (Lipinski definition) is 4. The number of aliphatic carboxylic acids is 1. The molecule has 0 aromatic carbocycles. The summed E-state index contributed by atoms with van der Waals surface area (Å²) in [6.45, 7) is -0.609. The minimum Gasteiger partial charge on any atom is -0.480 e. The van der Waals surface area contributed by atoms with Crippen molar-refractivity contribution in [3.8, 4) is 0 Å². The van der Waals surface area contributed by atoms with Gasteiger partial charge in [0.2, 0.25) is 0 Å². The average Bonchev–Trinajstić information content (AvgIpc) is 2.36. The zero-order valence-corrected chi connectivity index (χ0v) is 11.2. The standard InChI is InChI=1S/C11H20N2O4S/c1-18-8-4-2-7(3-5-8)12-11(17)13-9(6-14)10(15)16/h7-9,14H,2-6H2,1H3,(H,15,16)(H2,12,13,17). The van der Waals surface area contributed by atoms with Gasteiger partial charge >= 0.3 is 12.0 Å². The molecule has 0 saturated heterocycles. The monoisotopic (exact) mass is 276 g/mol. The molecule has 0 heterocycles. The van der Waals surface area contributed by atoms with E-state index in [0.29, 0.717) is 5.25 Å². The molecule has 1 aliphatic carbocycles. The maximum Gasteiger partial charge on any atom is 0.328 e. The predicted molar refractivity (Wildman–Crippen MR) is 69.7 cm³/mol. The van der Waals surface area contributed by atoms with E-state index in [0.717, 1.165) is 25.7 Å². The maximum atomic E-state index is 11.5. The van der Waals surface area contributed by atoms with Crippen molar-refractivity contribution in [2.45, 2.75) is 43.0 Å². The molecule has 1 rings (SSSR count). The first-order valence-corrected chi connectivity index (χ1v) is 7.29. The first-order chi connectivity index (χ1) is 8.56. The predicted octanol–water partition coefficient (Wildman–Crippen LogP) is 0.405. The lowest BCUT2D eigenvalue weighted by Crippen LogP contribution is -2.51. The van der Waals surface area contributed by atoms with Crippen LogP contribution in [0.4, 0.5) is 4.79 Å². The third-order valence-electron chi connectivity index (χ3n) is 3.13. The lowest BCUT2D eigenvalue weighted by Gasteiger charge is -2.28. The quantitative estimate of drug-likeness (QED) is 0.583. The molecule has 4 N–H and O–H groups in total. The van der Waals surface area contributed by atoms with Crippen LogP contribution in [-0.4, -0.2) is 52.4 Å². The summed E-state index contributed by atoms with van der Waals surface area (Å²) in [5.74, 6) is -1.24. The second-order valence-electron chi connectivity index (χ2n) is 4.40. The number of rotatable bonds is 5. The Morgan fingerprint density at radius 3 is 2.39 bits per heavy atom. The van der Waals surface area contributed by atoms with E-state index in [1.54, 1.807) is 0 Å². The molecule has 104 valence electrons. The van der Waals surface area contributed by atoms with Crippen LogP contribution < -0.4 is 10.6 Å². The highest BCUT2D eigenvalue weighted by Gasteiger charge is 2.24. The van der Waals surface area contributed by atoms with Crippen molar-refractivity contribution < 1.29 is 19.8 Å². The molecule has 1 atom stereocenters. The van der Waals surface area contributed by atoms with Crippen LogP contribution in [0.25, 0.3) is 0 Å². The topological polar surface area (TPSA) is 98.7 Å². The fourth-order valence-electron chi connectivity index (χ4n) is 2.01. The SMILES string of the molecule is CSC1CCC(NC(=O)NC(CO)C(=O)O)CC1. The Morgan fingerprint density at radius 2 is 1.94 bits per heavy atom. The number of aliphatic hydroxyl groups excluding tert-OH is 1. The number of carboxylic acids is 1. The van der Waals surface area contributed by atoms with Gasteiger partial charge in [0.15, 0.2) is 6.04 Å². The van der Waals surface area contributed by atoms with E-state index in [1.165, 1.54) is 0 Å². The highest BCUT2D eigenvalue weighted by molar-refractivity contribution is 7.99. The van der Waals surface area contributed by atoms with Crippen LogP contribution in [0.15, 0.2) is 0 Å². The minimum atomic E-state index is -1.24. The molecule has 0 bridgehead atoms. The van der Waals surface area contributed by atoms with Crippen molar-refractivity contribution in [3.63, 3.8) is 0 Å². The summed E-state index contributed by atoms with van der Waals surface area (Å²) in [6.07, 6.45) is 6.04. The van der Waals surface area contributed by atoms with Gasteiger partial charge < -0.3 is 20.8 Å². The van der Waals surface area contributed by atoms with E-state index in [1.807, 2.05) is 11.8 Å².